The van der Waals surface area contributed by atoms with Crippen LogP contribution in [0.2, 0.25) is 0 Å². The van der Waals surface area contributed by atoms with Gasteiger partial charge in [0.1, 0.15) is 6.10 Å². The van der Waals surface area contributed by atoms with E-state index in [9.17, 15) is 44.4 Å². The predicted molar refractivity (Wildman–Crippen MR) is 143 cm³/mol. The molecule has 5 N–H and O–H groups in total. The monoisotopic (exact) mass is 557 g/mol. The van der Waals surface area contributed by atoms with Gasteiger partial charge in [0.25, 0.3) is 11.2 Å². The third-order valence-corrected chi connectivity index (χ3v) is 6.45. The molecule has 1 saturated heterocycles. The Balaban J connectivity index is 0.000000337. The molecular formula is C29H35NO10. The Morgan fingerprint density at radius 1 is 0.775 bits per heavy atom. The van der Waals surface area contributed by atoms with E-state index in [2.05, 4.69) is 12.2 Å². The van der Waals surface area contributed by atoms with Crippen molar-refractivity contribution in [2.45, 2.75) is 51.4 Å². The van der Waals surface area contributed by atoms with Crippen LogP contribution in [0.5, 0.6) is 0 Å². The van der Waals surface area contributed by atoms with Crippen LogP contribution in [0.15, 0.2) is 60.7 Å². The molecule has 0 saturated carbocycles. The first kappa shape index (κ1) is 32.3. The molecule has 1 fully saturated rings. The average Bonchev–Trinajstić information content (AvgIpc) is 2.93. The zero-order chi connectivity index (χ0) is 30.3. The molecule has 0 spiro atoms. The maximum atomic E-state index is 12.6. The van der Waals surface area contributed by atoms with Crippen LogP contribution in [0.4, 0.5) is 0 Å². The molecule has 40 heavy (non-hydrogen) atoms. The molecule has 1 aliphatic heterocycles. The number of hydrogen-bond donors (Lipinski definition) is 5. The summed E-state index contributed by atoms with van der Waals surface area (Å²) >= 11 is 0. The fourth-order valence-electron chi connectivity index (χ4n) is 3.91. The summed E-state index contributed by atoms with van der Waals surface area (Å²) in [6.45, 7) is 9.69. The number of Topliss-reactive ketones (excluding diaryl/α,β-unsaturated/α-hetero) is 2. The van der Waals surface area contributed by atoms with Crippen LogP contribution in [0.3, 0.4) is 0 Å². The Kier molecular flexibility index (Phi) is 10.5. The molecule has 216 valence electrons. The predicted octanol–water partition coefficient (Wildman–Crippen LogP) is 1.96. The second kappa shape index (κ2) is 12.9. The van der Waals surface area contributed by atoms with E-state index in [1.807, 2.05) is 20.8 Å². The summed E-state index contributed by atoms with van der Waals surface area (Å²) in [6.07, 6.45) is 1.03. The van der Waals surface area contributed by atoms with Crippen molar-refractivity contribution in [2.75, 3.05) is 13.1 Å². The quantitative estimate of drug-likeness (QED) is 0.181. The van der Waals surface area contributed by atoms with Gasteiger partial charge in [-0.2, -0.15) is 0 Å². The SMILES string of the molecule is C[C@H]1CNCC[C@@H]1OC(=O)C(C)(C)C.O=C(O)C(O)(C(=O)c1ccccc1)C(O)(C(=O)O)C(=O)c1ccccc1. The molecular weight excluding hydrogens is 522 g/mol. The molecule has 4 atom stereocenters. The molecule has 2 unspecified atom stereocenters. The van der Waals surface area contributed by atoms with Crippen LogP contribution in [0.25, 0.3) is 0 Å². The number of hydrogen-bond acceptors (Lipinski definition) is 9. The van der Waals surface area contributed by atoms with Crippen LogP contribution >= 0.6 is 0 Å². The normalized spacial score (nSPS) is 19.9. The Morgan fingerprint density at radius 2 is 1.18 bits per heavy atom. The smallest absolute Gasteiger partial charge is 0.348 e. The van der Waals surface area contributed by atoms with Gasteiger partial charge in [0.05, 0.1) is 5.41 Å². The maximum absolute atomic E-state index is 12.6. The Bertz CT molecular complexity index is 1150. The van der Waals surface area contributed by atoms with Crippen molar-refractivity contribution < 1.29 is 49.1 Å². The number of aliphatic hydroxyl groups is 2. The lowest BCUT2D eigenvalue weighted by molar-refractivity contribution is -0.187. The minimum atomic E-state index is -3.95. The number of rotatable bonds is 8. The Morgan fingerprint density at radius 3 is 1.50 bits per heavy atom. The second-order valence-corrected chi connectivity index (χ2v) is 10.6. The summed E-state index contributed by atoms with van der Waals surface area (Å²) in [5.74, 6) is -7.69. The lowest BCUT2D eigenvalue weighted by Crippen LogP contribution is -2.71. The minimum absolute atomic E-state index is 0.0868. The summed E-state index contributed by atoms with van der Waals surface area (Å²) in [5, 5.41) is 43.1. The zero-order valence-corrected chi connectivity index (χ0v) is 22.8. The lowest BCUT2D eigenvalue weighted by Gasteiger charge is -2.34. The van der Waals surface area contributed by atoms with Gasteiger partial charge in [-0.15, -0.1) is 0 Å². The number of ketones is 2. The summed E-state index contributed by atoms with van der Waals surface area (Å²) < 4.78 is 5.49. The van der Waals surface area contributed by atoms with Crippen molar-refractivity contribution in [3.63, 3.8) is 0 Å². The molecule has 11 heteroatoms. The van der Waals surface area contributed by atoms with Gasteiger partial charge in [-0.3, -0.25) is 14.4 Å². The molecule has 2 aromatic rings. The van der Waals surface area contributed by atoms with Crippen molar-refractivity contribution in [1.29, 1.82) is 0 Å². The van der Waals surface area contributed by atoms with Gasteiger partial charge in [-0.1, -0.05) is 67.6 Å². The number of nitrogens with one attached hydrogen (secondary N) is 1. The first-order valence-corrected chi connectivity index (χ1v) is 12.6. The molecule has 1 heterocycles. The van der Waals surface area contributed by atoms with Gasteiger partial charge < -0.3 is 30.5 Å². The zero-order valence-electron chi connectivity index (χ0n) is 22.8. The lowest BCUT2D eigenvalue weighted by atomic mass is 9.73. The molecule has 0 amide bonds. The maximum Gasteiger partial charge on any atom is 0.348 e. The number of carbonyl (C=O) groups is 5. The van der Waals surface area contributed by atoms with Crippen LogP contribution in [-0.4, -0.2) is 80.3 Å². The summed E-state index contributed by atoms with van der Waals surface area (Å²) in [4.78, 5) is 60.2. The van der Waals surface area contributed by atoms with Crippen molar-refractivity contribution in [2.24, 2.45) is 11.3 Å². The highest BCUT2D eigenvalue weighted by Crippen LogP contribution is 2.31. The van der Waals surface area contributed by atoms with Crippen molar-refractivity contribution in [3.05, 3.63) is 71.8 Å². The molecule has 11 nitrogen and oxygen atoms in total. The van der Waals surface area contributed by atoms with E-state index in [4.69, 9.17) is 4.74 Å². The van der Waals surface area contributed by atoms with Crippen LogP contribution < -0.4 is 5.32 Å². The summed E-state index contributed by atoms with van der Waals surface area (Å²) in [5.41, 5.74) is -9.07. The Labute approximate surface area is 231 Å². The topological polar surface area (TPSA) is 188 Å². The molecule has 0 radical (unpaired) electrons. The number of ether oxygens (including phenoxy) is 1. The number of carbonyl (C=O) groups excluding carboxylic acids is 3. The fourth-order valence-corrected chi connectivity index (χ4v) is 3.91. The van der Waals surface area contributed by atoms with Crippen molar-refractivity contribution in [3.8, 4) is 0 Å². The van der Waals surface area contributed by atoms with Crippen LogP contribution in [0.1, 0.15) is 54.8 Å². The average molecular weight is 558 g/mol. The van der Waals surface area contributed by atoms with Gasteiger partial charge in [0.2, 0.25) is 11.6 Å². The van der Waals surface area contributed by atoms with Gasteiger partial charge in [0.15, 0.2) is 0 Å². The van der Waals surface area contributed by atoms with Gasteiger partial charge >= 0.3 is 17.9 Å². The largest absolute Gasteiger partial charge is 0.479 e. The third-order valence-electron chi connectivity index (χ3n) is 6.45. The van der Waals surface area contributed by atoms with Gasteiger partial charge in [-0.05, 0) is 33.7 Å². The third kappa shape index (κ3) is 6.79. The Hall–Kier alpha value is -3.93. The number of carboxylic acid groups (broad SMARTS) is 2. The number of esters is 1. The molecule has 0 aliphatic carbocycles. The molecule has 3 rings (SSSR count). The highest BCUT2D eigenvalue weighted by atomic mass is 16.5. The van der Waals surface area contributed by atoms with E-state index in [0.29, 0.717) is 5.92 Å². The molecule has 2 aromatic carbocycles. The van der Waals surface area contributed by atoms with E-state index >= 15 is 0 Å². The number of piperidine rings is 1. The summed E-state index contributed by atoms with van der Waals surface area (Å²) in [7, 11) is 0. The molecule has 1 aliphatic rings. The van der Waals surface area contributed by atoms with E-state index in [1.165, 1.54) is 36.4 Å². The van der Waals surface area contributed by atoms with E-state index in [-0.39, 0.29) is 17.5 Å². The fraction of sp³-hybridized carbons (Fsp3) is 0.414. The molecule has 0 bridgehead atoms. The van der Waals surface area contributed by atoms with Crippen LogP contribution in [-0.2, 0) is 19.1 Å². The van der Waals surface area contributed by atoms with Crippen molar-refractivity contribution in [1.82, 2.24) is 5.32 Å². The number of benzene rings is 2. The minimum Gasteiger partial charge on any atom is -0.479 e. The van der Waals surface area contributed by atoms with Crippen molar-refractivity contribution >= 4 is 29.5 Å². The van der Waals surface area contributed by atoms with Gasteiger partial charge in [0, 0.05) is 23.6 Å². The molecule has 0 aromatic heterocycles. The van der Waals surface area contributed by atoms with E-state index in [0.717, 1.165) is 43.8 Å². The number of carboxylic acids is 2. The summed E-state index contributed by atoms with van der Waals surface area (Å²) in [6, 6.07) is 12.8. The highest BCUT2D eigenvalue weighted by Gasteiger charge is 2.69. The van der Waals surface area contributed by atoms with E-state index < -0.39 is 45.8 Å². The van der Waals surface area contributed by atoms with Crippen LogP contribution in [0, 0.1) is 11.3 Å². The standard InChI is InChI=1S/C18H14O8.C11H21NO2/c19-13(11-7-3-1-4-8-11)17(25,15(21)22)18(26,16(23)24)14(20)12-9-5-2-6-10-12;1-8-7-12-6-5-9(8)14-10(13)11(2,3)4/h1-10,25-26H,(H,21,22)(H,23,24);8-9,12H,5-7H2,1-4H3/t;8-,9-/m.0/s1. The highest BCUT2D eigenvalue weighted by molar-refractivity contribution is 6.28. The first-order chi connectivity index (χ1) is 18.6. The van der Waals surface area contributed by atoms with E-state index in [1.54, 1.807) is 0 Å². The first-order valence-electron chi connectivity index (χ1n) is 12.6. The van der Waals surface area contributed by atoms with Gasteiger partial charge in [-0.25, -0.2) is 9.59 Å². The number of aliphatic carboxylic acids is 2. The second-order valence-electron chi connectivity index (χ2n) is 10.6.